The Balaban J connectivity index is 1.64. The highest BCUT2D eigenvalue weighted by atomic mass is 16.3. The van der Waals surface area contributed by atoms with Crippen LogP contribution in [0.3, 0.4) is 0 Å². The quantitative estimate of drug-likeness (QED) is 0.759. The molecule has 2 N–H and O–H groups in total. The smallest absolute Gasteiger partial charge is 0.115 e. The lowest BCUT2D eigenvalue weighted by atomic mass is 10.1. The summed E-state index contributed by atoms with van der Waals surface area (Å²) in [5, 5.41) is 12.8. The molecule has 0 aliphatic carbocycles. The maximum atomic E-state index is 9.25. The van der Waals surface area contributed by atoms with Crippen LogP contribution in [0, 0.1) is 0 Å². The highest BCUT2D eigenvalue weighted by Gasteiger charge is 2.10. The van der Waals surface area contributed by atoms with Crippen LogP contribution in [0.25, 0.3) is 0 Å². The molecule has 18 heavy (non-hydrogen) atoms. The highest BCUT2D eigenvalue weighted by Crippen LogP contribution is 2.16. The van der Waals surface area contributed by atoms with Gasteiger partial charge in [-0.2, -0.15) is 0 Å². The second kappa shape index (κ2) is 6.76. The van der Waals surface area contributed by atoms with Crippen LogP contribution < -0.4 is 5.32 Å². The van der Waals surface area contributed by atoms with Crippen LogP contribution in [0.4, 0.5) is 0 Å². The van der Waals surface area contributed by atoms with Crippen molar-refractivity contribution in [2.24, 2.45) is 0 Å². The molecule has 1 aromatic rings. The Morgan fingerprint density at radius 2 is 1.89 bits per heavy atom. The second-order valence-electron chi connectivity index (χ2n) is 5.17. The maximum absolute atomic E-state index is 9.25. The number of phenolic OH excluding ortho intramolecular Hbond substituents is 1. The van der Waals surface area contributed by atoms with Crippen molar-refractivity contribution in [2.45, 2.75) is 32.2 Å². The largest absolute Gasteiger partial charge is 0.508 e. The number of phenols is 1. The first-order valence-electron chi connectivity index (χ1n) is 7.00. The van der Waals surface area contributed by atoms with Crippen LogP contribution in [0.2, 0.25) is 0 Å². The first-order chi connectivity index (χ1) is 8.75. The minimum Gasteiger partial charge on any atom is -0.508 e. The number of hydrogen-bond acceptors (Lipinski definition) is 3. The highest BCUT2D eigenvalue weighted by molar-refractivity contribution is 5.27. The lowest BCUT2D eigenvalue weighted by molar-refractivity contribution is 0.328. The van der Waals surface area contributed by atoms with Crippen molar-refractivity contribution in [3.63, 3.8) is 0 Å². The maximum Gasteiger partial charge on any atom is 0.115 e. The molecule has 3 nitrogen and oxygen atoms in total. The summed E-state index contributed by atoms with van der Waals surface area (Å²) in [5.41, 5.74) is 1.23. The van der Waals surface area contributed by atoms with Crippen LogP contribution in [-0.2, 0) is 0 Å². The SMILES string of the molecule is CC(NCCCN1CCCC1)c1ccc(O)cc1. The van der Waals surface area contributed by atoms with Crippen molar-refractivity contribution in [1.82, 2.24) is 10.2 Å². The van der Waals surface area contributed by atoms with Crippen molar-refractivity contribution >= 4 is 0 Å². The summed E-state index contributed by atoms with van der Waals surface area (Å²) in [6.45, 7) is 7.01. The van der Waals surface area contributed by atoms with Crippen LogP contribution in [-0.4, -0.2) is 36.2 Å². The first-order valence-corrected chi connectivity index (χ1v) is 7.00. The zero-order valence-electron chi connectivity index (χ0n) is 11.2. The van der Waals surface area contributed by atoms with Crippen molar-refractivity contribution in [2.75, 3.05) is 26.2 Å². The summed E-state index contributed by atoms with van der Waals surface area (Å²) in [6, 6.07) is 7.81. The van der Waals surface area contributed by atoms with Crippen LogP contribution in [0.5, 0.6) is 5.75 Å². The molecule has 1 aromatic carbocycles. The zero-order valence-corrected chi connectivity index (χ0v) is 11.2. The Bertz CT molecular complexity index is 344. The predicted molar refractivity (Wildman–Crippen MR) is 74.8 cm³/mol. The van der Waals surface area contributed by atoms with Gasteiger partial charge in [-0.25, -0.2) is 0 Å². The van der Waals surface area contributed by atoms with Crippen LogP contribution >= 0.6 is 0 Å². The molecule has 1 aliphatic heterocycles. The predicted octanol–water partition coefficient (Wildman–Crippen LogP) is 2.53. The average molecular weight is 248 g/mol. The number of nitrogens with zero attached hydrogens (tertiary/aromatic N) is 1. The van der Waals surface area contributed by atoms with Crippen molar-refractivity contribution in [3.8, 4) is 5.75 Å². The second-order valence-corrected chi connectivity index (χ2v) is 5.17. The number of likely N-dealkylation sites (tertiary alicyclic amines) is 1. The fraction of sp³-hybridized carbons (Fsp3) is 0.600. The number of rotatable bonds is 6. The van der Waals surface area contributed by atoms with E-state index in [1.807, 2.05) is 12.1 Å². The van der Waals surface area contributed by atoms with E-state index >= 15 is 0 Å². The third kappa shape index (κ3) is 4.00. The van der Waals surface area contributed by atoms with Gasteiger partial charge in [0.2, 0.25) is 0 Å². The van der Waals surface area contributed by atoms with E-state index in [0.717, 1.165) is 6.54 Å². The van der Waals surface area contributed by atoms with Crippen molar-refractivity contribution < 1.29 is 5.11 Å². The van der Waals surface area contributed by atoms with Crippen molar-refractivity contribution in [3.05, 3.63) is 29.8 Å². The minimum atomic E-state index is 0.333. The molecule has 1 saturated heterocycles. The van der Waals surface area contributed by atoms with Gasteiger partial charge in [-0.05, 0) is 70.1 Å². The van der Waals surface area contributed by atoms with Crippen molar-refractivity contribution in [1.29, 1.82) is 0 Å². The van der Waals surface area contributed by atoms with E-state index in [0.29, 0.717) is 11.8 Å². The number of aromatic hydroxyl groups is 1. The lowest BCUT2D eigenvalue weighted by Gasteiger charge is -2.17. The monoisotopic (exact) mass is 248 g/mol. The van der Waals surface area contributed by atoms with E-state index in [2.05, 4.69) is 17.1 Å². The van der Waals surface area contributed by atoms with Gasteiger partial charge in [0, 0.05) is 6.04 Å². The van der Waals surface area contributed by atoms with Gasteiger partial charge in [0.05, 0.1) is 0 Å². The molecule has 0 saturated carbocycles. The third-order valence-corrected chi connectivity index (χ3v) is 3.69. The summed E-state index contributed by atoms with van der Waals surface area (Å²) in [6.07, 6.45) is 3.96. The van der Waals surface area contributed by atoms with E-state index in [-0.39, 0.29) is 0 Å². The Kier molecular flexibility index (Phi) is 5.02. The molecule has 100 valence electrons. The molecular weight excluding hydrogens is 224 g/mol. The number of benzene rings is 1. The van der Waals surface area contributed by atoms with Crippen LogP contribution in [0.15, 0.2) is 24.3 Å². The van der Waals surface area contributed by atoms with Gasteiger partial charge in [-0.15, -0.1) is 0 Å². The molecule has 0 spiro atoms. The van der Waals surface area contributed by atoms with E-state index < -0.39 is 0 Å². The van der Waals surface area contributed by atoms with Crippen LogP contribution in [0.1, 0.15) is 37.8 Å². The minimum absolute atomic E-state index is 0.333. The Morgan fingerprint density at radius 1 is 1.22 bits per heavy atom. The average Bonchev–Trinajstić information content (AvgIpc) is 2.88. The van der Waals surface area contributed by atoms with E-state index in [1.165, 1.54) is 44.5 Å². The topological polar surface area (TPSA) is 35.5 Å². The molecule has 1 fully saturated rings. The summed E-state index contributed by atoms with van der Waals surface area (Å²) in [5.74, 6) is 0.333. The van der Waals surface area contributed by atoms with Gasteiger partial charge in [0.25, 0.3) is 0 Å². The lowest BCUT2D eigenvalue weighted by Crippen LogP contribution is -2.26. The van der Waals surface area contributed by atoms with Gasteiger partial charge >= 0.3 is 0 Å². The molecule has 1 unspecified atom stereocenters. The molecule has 0 bridgehead atoms. The fourth-order valence-electron chi connectivity index (χ4n) is 2.51. The summed E-state index contributed by atoms with van der Waals surface area (Å²) in [7, 11) is 0. The molecule has 3 heteroatoms. The van der Waals surface area contributed by atoms with Gasteiger partial charge in [0.1, 0.15) is 5.75 Å². The summed E-state index contributed by atoms with van der Waals surface area (Å²) in [4.78, 5) is 2.55. The molecule has 0 aromatic heterocycles. The standard InChI is InChI=1S/C15H24N2O/c1-13(14-5-7-15(18)8-6-14)16-9-4-12-17-10-2-3-11-17/h5-8,13,16,18H,2-4,9-12H2,1H3. The van der Waals surface area contributed by atoms with E-state index in [4.69, 9.17) is 0 Å². The zero-order chi connectivity index (χ0) is 12.8. The molecule has 0 radical (unpaired) electrons. The molecule has 1 aliphatic rings. The molecular formula is C15H24N2O. The fourth-order valence-corrected chi connectivity index (χ4v) is 2.51. The molecule has 1 atom stereocenters. The normalized spacial score (nSPS) is 18.1. The van der Waals surface area contributed by atoms with Gasteiger partial charge in [-0.3, -0.25) is 0 Å². The molecule has 0 amide bonds. The van der Waals surface area contributed by atoms with Gasteiger partial charge < -0.3 is 15.3 Å². The number of nitrogens with one attached hydrogen (secondary N) is 1. The summed E-state index contributed by atoms with van der Waals surface area (Å²) < 4.78 is 0. The Hall–Kier alpha value is -1.06. The first kappa shape index (κ1) is 13.4. The van der Waals surface area contributed by atoms with E-state index in [1.54, 1.807) is 12.1 Å². The molecule has 1 heterocycles. The van der Waals surface area contributed by atoms with Gasteiger partial charge in [0.15, 0.2) is 0 Å². The Labute approximate surface area is 110 Å². The molecule has 2 rings (SSSR count). The Morgan fingerprint density at radius 3 is 2.56 bits per heavy atom. The number of hydrogen-bond donors (Lipinski definition) is 2. The van der Waals surface area contributed by atoms with E-state index in [9.17, 15) is 5.11 Å². The summed E-state index contributed by atoms with van der Waals surface area (Å²) >= 11 is 0. The third-order valence-electron chi connectivity index (χ3n) is 3.69. The van der Waals surface area contributed by atoms with Gasteiger partial charge in [-0.1, -0.05) is 12.1 Å².